The SMILES string of the molecule is Cc1ccc(S(=O)(=O)Nc2ccccc2Cl)cc1C(=O)O. The number of hydrogen-bond donors (Lipinski definition) is 2. The second-order valence-electron chi connectivity index (χ2n) is 4.37. The normalized spacial score (nSPS) is 11.1. The summed E-state index contributed by atoms with van der Waals surface area (Å²) in [7, 11) is -3.91. The molecule has 0 saturated heterocycles. The molecule has 5 nitrogen and oxygen atoms in total. The number of aromatic carboxylic acids is 1. The highest BCUT2D eigenvalue weighted by Gasteiger charge is 2.18. The number of para-hydroxylation sites is 1. The van der Waals surface area contributed by atoms with Crippen LogP contribution in [0, 0.1) is 6.92 Å². The Balaban J connectivity index is 2.43. The number of sulfonamides is 1. The summed E-state index contributed by atoms with van der Waals surface area (Å²) in [4.78, 5) is 10.9. The number of halogens is 1. The predicted molar refractivity (Wildman–Crippen MR) is 80.4 cm³/mol. The van der Waals surface area contributed by atoms with Crippen molar-refractivity contribution < 1.29 is 18.3 Å². The third-order valence-electron chi connectivity index (χ3n) is 2.87. The second kappa shape index (κ2) is 5.75. The summed E-state index contributed by atoms with van der Waals surface area (Å²) in [6.45, 7) is 1.60. The van der Waals surface area contributed by atoms with Crippen LogP contribution in [0.1, 0.15) is 15.9 Å². The van der Waals surface area contributed by atoms with Gasteiger partial charge in [-0.3, -0.25) is 4.72 Å². The number of hydrogen-bond acceptors (Lipinski definition) is 3. The highest BCUT2D eigenvalue weighted by atomic mass is 35.5. The van der Waals surface area contributed by atoms with Gasteiger partial charge in [-0.1, -0.05) is 29.8 Å². The largest absolute Gasteiger partial charge is 0.478 e. The first-order chi connectivity index (χ1) is 9.81. The standard InChI is InChI=1S/C14H12ClNO4S/c1-9-6-7-10(8-11(9)14(17)18)21(19,20)16-13-5-3-2-4-12(13)15/h2-8,16H,1H3,(H,17,18). The highest BCUT2D eigenvalue weighted by Crippen LogP contribution is 2.24. The monoisotopic (exact) mass is 325 g/mol. The van der Waals surface area contributed by atoms with Gasteiger partial charge in [0.1, 0.15) is 0 Å². The van der Waals surface area contributed by atoms with Gasteiger partial charge in [0.05, 0.1) is 21.2 Å². The summed E-state index contributed by atoms with van der Waals surface area (Å²) >= 11 is 5.90. The van der Waals surface area contributed by atoms with Crippen LogP contribution >= 0.6 is 11.6 Å². The van der Waals surface area contributed by atoms with E-state index >= 15 is 0 Å². The van der Waals surface area contributed by atoms with Crippen LogP contribution in [-0.4, -0.2) is 19.5 Å². The van der Waals surface area contributed by atoms with E-state index in [9.17, 15) is 13.2 Å². The fraction of sp³-hybridized carbons (Fsp3) is 0.0714. The Morgan fingerprint density at radius 1 is 1.19 bits per heavy atom. The maximum Gasteiger partial charge on any atom is 0.335 e. The molecular weight excluding hydrogens is 314 g/mol. The summed E-state index contributed by atoms with van der Waals surface area (Å²) in [6, 6.07) is 10.3. The van der Waals surface area contributed by atoms with E-state index in [1.54, 1.807) is 25.1 Å². The van der Waals surface area contributed by atoms with E-state index in [0.717, 1.165) is 6.07 Å². The molecule has 7 heteroatoms. The van der Waals surface area contributed by atoms with Crippen LogP contribution in [-0.2, 0) is 10.0 Å². The van der Waals surface area contributed by atoms with Gasteiger partial charge >= 0.3 is 5.97 Å². The van der Waals surface area contributed by atoms with E-state index < -0.39 is 16.0 Å². The zero-order valence-electron chi connectivity index (χ0n) is 11.0. The number of carboxylic acid groups (broad SMARTS) is 1. The van der Waals surface area contributed by atoms with Gasteiger partial charge in [-0.2, -0.15) is 0 Å². The summed E-state index contributed by atoms with van der Waals surface area (Å²) in [5, 5.41) is 9.31. The van der Waals surface area contributed by atoms with Crippen LogP contribution in [0.25, 0.3) is 0 Å². The summed E-state index contributed by atoms with van der Waals surface area (Å²) < 4.78 is 26.9. The molecule has 110 valence electrons. The number of rotatable bonds is 4. The Kier molecular flexibility index (Phi) is 4.20. The van der Waals surface area contributed by atoms with Crippen molar-refractivity contribution in [2.75, 3.05) is 4.72 Å². The van der Waals surface area contributed by atoms with Crippen molar-refractivity contribution in [2.24, 2.45) is 0 Å². The fourth-order valence-electron chi connectivity index (χ4n) is 1.75. The van der Waals surface area contributed by atoms with Gasteiger partial charge in [0, 0.05) is 0 Å². The van der Waals surface area contributed by atoms with Crippen LogP contribution in [0.5, 0.6) is 0 Å². The van der Waals surface area contributed by atoms with Gasteiger partial charge in [-0.25, -0.2) is 13.2 Å². The molecule has 0 aliphatic carbocycles. The van der Waals surface area contributed by atoms with Crippen molar-refractivity contribution in [3.05, 3.63) is 58.6 Å². The number of benzene rings is 2. The molecule has 0 spiro atoms. The van der Waals surface area contributed by atoms with Crippen molar-refractivity contribution >= 4 is 33.3 Å². The third kappa shape index (κ3) is 3.34. The van der Waals surface area contributed by atoms with Gasteiger partial charge < -0.3 is 5.11 Å². The quantitative estimate of drug-likeness (QED) is 0.904. The maximum atomic E-state index is 12.3. The van der Waals surface area contributed by atoms with Crippen LogP contribution < -0.4 is 4.72 Å². The summed E-state index contributed by atoms with van der Waals surface area (Å²) in [5.74, 6) is -1.18. The van der Waals surface area contributed by atoms with Crippen LogP contribution in [0.3, 0.4) is 0 Å². The third-order valence-corrected chi connectivity index (χ3v) is 4.56. The van der Waals surface area contributed by atoms with Crippen LogP contribution in [0.4, 0.5) is 5.69 Å². The van der Waals surface area contributed by atoms with E-state index in [0.29, 0.717) is 5.56 Å². The van der Waals surface area contributed by atoms with Crippen LogP contribution in [0.2, 0.25) is 5.02 Å². The van der Waals surface area contributed by atoms with Gasteiger partial charge in [0.25, 0.3) is 10.0 Å². The molecule has 0 aliphatic heterocycles. The van der Waals surface area contributed by atoms with Crippen molar-refractivity contribution in [3.8, 4) is 0 Å². The number of carboxylic acids is 1. The Morgan fingerprint density at radius 2 is 1.86 bits per heavy atom. The van der Waals surface area contributed by atoms with E-state index in [1.807, 2.05) is 0 Å². The Morgan fingerprint density at radius 3 is 2.48 bits per heavy atom. The lowest BCUT2D eigenvalue weighted by Gasteiger charge is -2.10. The van der Waals surface area contributed by atoms with E-state index in [-0.39, 0.29) is 21.2 Å². The molecule has 0 fully saturated rings. The molecule has 2 rings (SSSR count). The molecule has 0 bridgehead atoms. The van der Waals surface area contributed by atoms with Crippen molar-refractivity contribution in [1.82, 2.24) is 0 Å². The molecule has 0 aliphatic rings. The molecule has 0 aromatic heterocycles. The zero-order valence-corrected chi connectivity index (χ0v) is 12.6. The Hall–Kier alpha value is -2.05. The lowest BCUT2D eigenvalue weighted by molar-refractivity contribution is 0.0696. The first-order valence-corrected chi connectivity index (χ1v) is 7.78. The maximum absolute atomic E-state index is 12.3. The molecule has 2 N–H and O–H groups in total. The number of aryl methyl sites for hydroxylation is 1. The molecule has 0 atom stereocenters. The molecule has 0 unspecified atom stereocenters. The Labute approximate surface area is 127 Å². The summed E-state index contributed by atoms with van der Waals surface area (Å²) in [6.07, 6.45) is 0. The van der Waals surface area contributed by atoms with Crippen molar-refractivity contribution in [2.45, 2.75) is 11.8 Å². The minimum absolute atomic E-state index is 0.0583. The molecular formula is C14H12ClNO4S. The smallest absolute Gasteiger partial charge is 0.335 e. The number of anilines is 1. The van der Waals surface area contributed by atoms with E-state index in [4.69, 9.17) is 16.7 Å². The van der Waals surface area contributed by atoms with Crippen molar-refractivity contribution in [1.29, 1.82) is 0 Å². The molecule has 0 amide bonds. The second-order valence-corrected chi connectivity index (χ2v) is 6.46. The van der Waals surface area contributed by atoms with Gasteiger partial charge in [0.2, 0.25) is 0 Å². The van der Waals surface area contributed by atoms with Gasteiger partial charge in [-0.15, -0.1) is 0 Å². The minimum atomic E-state index is -3.91. The first kappa shape index (κ1) is 15.3. The lowest BCUT2D eigenvalue weighted by Crippen LogP contribution is -2.14. The highest BCUT2D eigenvalue weighted by molar-refractivity contribution is 7.92. The molecule has 21 heavy (non-hydrogen) atoms. The van der Waals surface area contributed by atoms with Gasteiger partial charge in [-0.05, 0) is 36.8 Å². The first-order valence-electron chi connectivity index (χ1n) is 5.92. The molecule has 0 radical (unpaired) electrons. The average Bonchev–Trinajstić information content (AvgIpc) is 2.41. The number of nitrogens with one attached hydrogen (secondary N) is 1. The average molecular weight is 326 g/mol. The zero-order chi connectivity index (χ0) is 15.6. The number of carbonyl (C=O) groups is 1. The predicted octanol–water partition coefficient (Wildman–Crippen LogP) is 3.15. The Bertz CT molecular complexity index is 802. The fourth-order valence-corrected chi connectivity index (χ4v) is 3.09. The van der Waals surface area contributed by atoms with Crippen molar-refractivity contribution in [3.63, 3.8) is 0 Å². The minimum Gasteiger partial charge on any atom is -0.478 e. The lowest BCUT2D eigenvalue weighted by atomic mass is 10.1. The molecule has 0 heterocycles. The molecule has 2 aromatic carbocycles. The molecule has 0 saturated carbocycles. The van der Waals surface area contributed by atoms with E-state index in [2.05, 4.69) is 4.72 Å². The topological polar surface area (TPSA) is 83.5 Å². The van der Waals surface area contributed by atoms with Gasteiger partial charge in [0.15, 0.2) is 0 Å². The van der Waals surface area contributed by atoms with Crippen LogP contribution in [0.15, 0.2) is 47.4 Å². The molecule has 2 aromatic rings. The summed E-state index contributed by atoms with van der Waals surface area (Å²) in [5.41, 5.74) is 0.660. The van der Waals surface area contributed by atoms with E-state index in [1.165, 1.54) is 18.2 Å².